The molecule has 1 aromatic heterocycles. The van der Waals surface area contributed by atoms with Gasteiger partial charge in [0.1, 0.15) is 12.4 Å². The molecule has 2 aliphatic rings. The summed E-state index contributed by atoms with van der Waals surface area (Å²) in [7, 11) is 1.51. The number of halogens is 1. The van der Waals surface area contributed by atoms with Crippen molar-refractivity contribution in [3.63, 3.8) is 0 Å². The second kappa shape index (κ2) is 7.59. The molecule has 3 heterocycles. The highest BCUT2D eigenvalue weighted by molar-refractivity contribution is 5.94. The third kappa shape index (κ3) is 3.31. The van der Waals surface area contributed by atoms with Gasteiger partial charge in [0.15, 0.2) is 0 Å². The average molecular weight is 400 g/mol. The van der Waals surface area contributed by atoms with E-state index in [2.05, 4.69) is 9.97 Å². The topological polar surface area (TPSA) is 78.5 Å². The highest BCUT2D eigenvalue weighted by Gasteiger charge is 2.49. The Kier molecular flexibility index (Phi) is 5.12. The zero-order valence-corrected chi connectivity index (χ0v) is 16.7. The molecule has 1 aromatic carbocycles. The van der Waals surface area contributed by atoms with Crippen LogP contribution in [0.15, 0.2) is 24.5 Å². The fourth-order valence-electron chi connectivity index (χ4n) is 4.59. The van der Waals surface area contributed by atoms with Gasteiger partial charge in [-0.25, -0.2) is 9.37 Å². The Labute approximate surface area is 168 Å². The smallest absolute Gasteiger partial charge is 0.253 e. The van der Waals surface area contributed by atoms with Crippen LogP contribution in [0.4, 0.5) is 4.39 Å². The number of hydrogen-bond acceptors (Lipinski definition) is 4. The fourth-order valence-corrected chi connectivity index (χ4v) is 4.59. The SMILES string of the molecule is COCC(=O)N1CCc2[nH]cnc2C12CCN(C(=O)c1ccc(F)c(C)c1)CC2. The van der Waals surface area contributed by atoms with Gasteiger partial charge in [-0.1, -0.05) is 0 Å². The summed E-state index contributed by atoms with van der Waals surface area (Å²) in [4.78, 5) is 37.1. The highest BCUT2D eigenvalue weighted by atomic mass is 19.1. The molecule has 7 nitrogen and oxygen atoms in total. The number of benzene rings is 1. The van der Waals surface area contributed by atoms with Gasteiger partial charge < -0.3 is 19.5 Å². The van der Waals surface area contributed by atoms with Crippen molar-refractivity contribution in [3.8, 4) is 0 Å². The molecule has 2 amide bonds. The number of ether oxygens (including phenoxy) is 1. The molecule has 0 radical (unpaired) electrons. The Morgan fingerprint density at radius 2 is 2.03 bits per heavy atom. The largest absolute Gasteiger partial charge is 0.375 e. The lowest BCUT2D eigenvalue weighted by Crippen LogP contribution is -2.59. The third-order valence-corrected chi connectivity index (χ3v) is 6.11. The number of carbonyl (C=O) groups is 2. The maximum Gasteiger partial charge on any atom is 0.253 e. The maximum atomic E-state index is 13.6. The van der Waals surface area contributed by atoms with Crippen LogP contribution < -0.4 is 0 Å². The zero-order valence-electron chi connectivity index (χ0n) is 16.7. The first-order chi connectivity index (χ1) is 14.0. The van der Waals surface area contributed by atoms with Gasteiger partial charge in [0.05, 0.1) is 17.6 Å². The maximum absolute atomic E-state index is 13.6. The van der Waals surface area contributed by atoms with Crippen LogP contribution in [0, 0.1) is 12.7 Å². The molecular weight excluding hydrogens is 375 g/mol. The predicted octanol–water partition coefficient (Wildman–Crippen LogP) is 2.02. The van der Waals surface area contributed by atoms with Crippen molar-refractivity contribution in [2.24, 2.45) is 0 Å². The summed E-state index contributed by atoms with van der Waals surface area (Å²) in [6.07, 6.45) is 3.61. The summed E-state index contributed by atoms with van der Waals surface area (Å²) in [5.41, 5.74) is 2.36. The number of likely N-dealkylation sites (tertiary alicyclic amines) is 1. The van der Waals surface area contributed by atoms with Crippen LogP contribution in [0.25, 0.3) is 0 Å². The second-order valence-corrected chi connectivity index (χ2v) is 7.75. The van der Waals surface area contributed by atoms with Gasteiger partial charge in [-0.3, -0.25) is 9.59 Å². The van der Waals surface area contributed by atoms with E-state index in [1.165, 1.54) is 19.2 Å². The van der Waals surface area contributed by atoms with E-state index in [4.69, 9.17) is 4.74 Å². The summed E-state index contributed by atoms with van der Waals surface area (Å²) < 4.78 is 18.6. The standard InChI is InChI=1S/C21H25FN4O3/c1-14-11-15(3-4-16(14)22)20(28)25-9-6-21(7-10-25)19-17(23-13-24-19)5-8-26(21)18(27)12-29-2/h3-4,11,13H,5-10,12H2,1-2H3,(H,23,24). The van der Waals surface area contributed by atoms with Crippen molar-refractivity contribution < 1.29 is 18.7 Å². The molecule has 0 bridgehead atoms. The third-order valence-electron chi connectivity index (χ3n) is 6.11. The van der Waals surface area contributed by atoms with Gasteiger partial charge in [0.25, 0.3) is 5.91 Å². The number of methoxy groups -OCH3 is 1. The molecule has 2 aromatic rings. The Bertz CT molecular complexity index is 934. The lowest BCUT2D eigenvalue weighted by atomic mass is 9.78. The number of aromatic amines is 1. The van der Waals surface area contributed by atoms with E-state index < -0.39 is 5.54 Å². The Morgan fingerprint density at radius 3 is 2.72 bits per heavy atom. The molecule has 1 N–H and O–H groups in total. The van der Waals surface area contributed by atoms with E-state index in [1.807, 2.05) is 4.90 Å². The van der Waals surface area contributed by atoms with E-state index >= 15 is 0 Å². The Balaban J connectivity index is 1.57. The summed E-state index contributed by atoms with van der Waals surface area (Å²) in [5, 5.41) is 0. The summed E-state index contributed by atoms with van der Waals surface area (Å²) in [6, 6.07) is 4.44. The molecule has 29 heavy (non-hydrogen) atoms. The first-order valence-corrected chi connectivity index (χ1v) is 9.84. The van der Waals surface area contributed by atoms with Crippen LogP contribution in [0.2, 0.25) is 0 Å². The van der Waals surface area contributed by atoms with E-state index in [1.54, 1.807) is 24.2 Å². The zero-order chi connectivity index (χ0) is 20.6. The first kappa shape index (κ1) is 19.6. The average Bonchev–Trinajstić information content (AvgIpc) is 3.21. The molecule has 0 aliphatic carbocycles. The number of aromatic nitrogens is 2. The first-order valence-electron chi connectivity index (χ1n) is 9.84. The van der Waals surface area contributed by atoms with Crippen LogP contribution in [-0.2, 0) is 21.5 Å². The van der Waals surface area contributed by atoms with E-state index in [9.17, 15) is 14.0 Å². The number of rotatable bonds is 3. The molecule has 2 aliphatic heterocycles. The molecule has 0 atom stereocenters. The number of carbonyl (C=O) groups excluding carboxylic acids is 2. The molecule has 0 unspecified atom stereocenters. The van der Waals surface area contributed by atoms with Crippen molar-refractivity contribution in [3.05, 3.63) is 52.9 Å². The van der Waals surface area contributed by atoms with Crippen LogP contribution in [0.3, 0.4) is 0 Å². The molecule has 8 heteroatoms. The van der Waals surface area contributed by atoms with Crippen molar-refractivity contribution >= 4 is 11.8 Å². The predicted molar refractivity (Wildman–Crippen MR) is 104 cm³/mol. The Hall–Kier alpha value is -2.74. The van der Waals surface area contributed by atoms with Crippen LogP contribution >= 0.6 is 0 Å². The molecule has 154 valence electrons. The number of nitrogens with one attached hydrogen (secondary N) is 1. The van der Waals surface area contributed by atoms with Crippen LogP contribution in [0.1, 0.15) is 40.2 Å². The number of H-pyrrole nitrogens is 1. The van der Waals surface area contributed by atoms with Gasteiger partial charge in [-0.05, 0) is 43.5 Å². The molecule has 1 fully saturated rings. The van der Waals surface area contributed by atoms with Gasteiger partial charge in [-0.2, -0.15) is 0 Å². The number of amides is 2. The minimum absolute atomic E-state index is 0.0268. The molecule has 0 saturated carbocycles. The van der Waals surface area contributed by atoms with Crippen molar-refractivity contribution in [1.82, 2.24) is 19.8 Å². The van der Waals surface area contributed by atoms with Crippen molar-refractivity contribution in [2.45, 2.75) is 31.7 Å². The molecular formula is C21H25FN4O3. The van der Waals surface area contributed by atoms with E-state index in [0.29, 0.717) is 43.6 Å². The van der Waals surface area contributed by atoms with E-state index in [0.717, 1.165) is 17.8 Å². The van der Waals surface area contributed by atoms with Gasteiger partial charge in [-0.15, -0.1) is 0 Å². The Morgan fingerprint density at radius 1 is 1.28 bits per heavy atom. The number of piperidine rings is 1. The van der Waals surface area contributed by atoms with Crippen LogP contribution in [-0.4, -0.2) is 64.9 Å². The summed E-state index contributed by atoms with van der Waals surface area (Å²) in [5.74, 6) is -0.495. The van der Waals surface area contributed by atoms with Crippen LogP contribution in [0.5, 0.6) is 0 Å². The number of nitrogens with zero attached hydrogens (tertiary/aromatic N) is 3. The molecule has 1 saturated heterocycles. The lowest BCUT2D eigenvalue weighted by molar-refractivity contribution is -0.145. The number of imidazole rings is 1. The molecule has 1 spiro atoms. The summed E-state index contributed by atoms with van der Waals surface area (Å²) in [6.45, 7) is 3.27. The molecule has 4 rings (SSSR count). The monoisotopic (exact) mass is 400 g/mol. The van der Waals surface area contributed by atoms with Gasteiger partial charge in [0.2, 0.25) is 5.91 Å². The quantitative estimate of drug-likeness (QED) is 0.855. The van der Waals surface area contributed by atoms with Gasteiger partial charge in [0, 0.05) is 44.4 Å². The minimum atomic E-state index is -0.529. The normalized spacial score (nSPS) is 18.0. The minimum Gasteiger partial charge on any atom is -0.375 e. The number of hydrogen-bond donors (Lipinski definition) is 1. The van der Waals surface area contributed by atoms with Crippen molar-refractivity contribution in [2.75, 3.05) is 33.4 Å². The lowest BCUT2D eigenvalue weighted by Gasteiger charge is -2.50. The number of aryl methyl sites for hydroxylation is 1. The van der Waals surface area contributed by atoms with E-state index in [-0.39, 0.29) is 24.2 Å². The second-order valence-electron chi connectivity index (χ2n) is 7.75. The summed E-state index contributed by atoms with van der Waals surface area (Å²) >= 11 is 0. The fraction of sp³-hybridized carbons (Fsp3) is 0.476. The highest BCUT2D eigenvalue weighted by Crippen LogP contribution is 2.42. The van der Waals surface area contributed by atoms with Crippen molar-refractivity contribution in [1.29, 1.82) is 0 Å². The number of fused-ring (bicyclic) bond motifs is 2. The van der Waals surface area contributed by atoms with Gasteiger partial charge >= 0.3 is 0 Å².